The molecule has 1 amide bonds. The molecule has 15 heavy (non-hydrogen) atoms. The number of carbonyl (C=O) groups is 1. The molecule has 1 unspecified atom stereocenters. The van der Waals surface area contributed by atoms with Crippen molar-refractivity contribution in [1.82, 2.24) is 4.90 Å². The second-order valence-corrected chi connectivity index (χ2v) is 5.24. The van der Waals surface area contributed by atoms with E-state index >= 15 is 0 Å². The van der Waals surface area contributed by atoms with E-state index in [1.807, 2.05) is 11.8 Å². The van der Waals surface area contributed by atoms with Crippen molar-refractivity contribution in [2.45, 2.75) is 45.6 Å². The average Bonchev–Trinajstić information content (AvgIpc) is 2.45. The summed E-state index contributed by atoms with van der Waals surface area (Å²) in [5.41, 5.74) is 5.56. The Hall–Kier alpha value is -0.640. The van der Waals surface area contributed by atoms with Crippen LogP contribution in [0.5, 0.6) is 0 Å². The summed E-state index contributed by atoms with van der Waals surface area (Å²) in [5.74, 6) is -0.176. The Morgan fingerprint density at radius 3 is 2.53 bits per heavy atom. The summed E-state index contributed by atoms with van der Waals surface area (Å²) in [7, 11) is 0. The molecule has 0 bridgehead atoms. The van der Waals surface area contributed by atoms with Gasteiger partial charge in [0.2, 0.25) is 5.91 Å². The summed E-state index contributed by atoms with van der Waals surface area (Å²) in [5, 5.41) is 0. The maximum absolute atomic E-state index is 12.2. The largest absolute Gasteiger partial charge is 0.393 e. The van der Waals surface area contributed by atoms with Crippen LogP contribution >= 0.6 is 12.2 Å². The van der Waals surface area contributed by atoms with Crippen LogP contribution in [0.4, 0.5) is 0 Å². The van der Waals surface area contributed by atoms with Crippen LogP contribution < -0.4 is 5.73 Å². The van der Waals surface area contributed by atoms with Gasteiger partial charge in [0.15, 0.2) is 0 Å². The molecule has 86 valence electrons. The molecule has 1 aliphatic heterocycles. The Bertz CT molecular complexity index is 276. The number of nitrogens with two attached hydrogens (primary N) is 1. The van der Waals surface area contributed by atoms with Gasteiger partial charge in [-0.3, -0.25) is 4.79 Å². The van der Waals surface area contributed by atoms with E-state index < -0.39 is 0 Å². The van der Waals surface area contributed by atoms with E-state index in [2.05, 4.69) is 13.8 Å². The smallest absolute Gasteiger partial charge is 0.232 e. The Balaban J connectivity index is 2.79. The average molecular weight is 228 g/mol. The van der Waals surface area contributed by atoms with Gasteiger partial charge in [-0.2, -0.15) is 0 Å². The standard InChI is InChI=1S/C11H20N2OS/c1-4-8(9(12)15)10(14)13-7-5-6-11(13,2)3/h8H,4-7H2,1-3H3,(H2,12,15). The summed E-state index contributed by atoms with van der Waals surface area (Å²) < 4.78 is 0. The first-order valence-corrected chi connectivity index (χ1v) is 5.91. The van der Waals surface area contributed by atoms with E-state index in [4.69, 9.17) is 18.0 Å². The lowest BCUT2D eigenvalue weighted by Crippen LogP contribution is -2.48. The maximum Gasteiger partial charge on any atom is 0.232 e. The molecule has 1 rings (SSSR count). The summed E-state index contributed by atoms with van der Waals surface area (Å²) >= 11 is 4.93. The fourth-order valence-corrected chi connectivity index (χ4v) is 2.47. The normalized spacial score (nSPS) is 21.4. The predicted molar refractivity (Wildman–Crippen MR) is 65.6 cm³/mol. The van der Waals surface area contributed by atoms with Gasteiger partial charge < -0.3 is 10.6 Å². The van der Waals surface area contributed by atoms with Crippen molar-refractivity contribution >= 4 is 23.1 Å². The highest BCUT2D eigenvalue weighted by molar-refractivity contribution is 7.80. The lowest BCUT2D eigenvalue weighted by molar-refractivity contribution is -0.136. The quantitative estimate of drug-likeness (QED) is 0.748. The first-order chi connectivity index (χ1) is 6.90. The van der Waals surface area contributed by atoms with Gasteiger partial charge in [0.1, 0.15) is 0 Å². The highest BCUT2D eigenvalue weighted by atomic mass is 32.1. The lowest BCUT2D eigenvalue weighted by atomic mass is 9.99. The highest BCUT2D eigenvalue weighted by Gasteiger charge is 2.38. The third-order valence-corrected chi connectivity index (χ3v) is 3.50. The van der Waals surface area contributed by atoms with Gasteiger partial charge in [0.05, 0.1) is 10.9 Å². The summed E-state index contributed by atoms with van der Waals surface area (Å²) in [6.45, 7) is 6.99. The zero-order valence-corrected chi connectivity index (χ0v) is 10.6. The number of hydrogen-bond acceptors (Lipinski definition) is 2. The molecule has 1 aliphatic rings. The van der Waals surface area contributed by atoms with Crippen LogP contribution in [0.15, 0.2) is 0 Å². The molecule has 3 nitrogen and oxygen atoms in total. The van der Waals surface area contributed by atoms with Crippen LogP contribution in [0, 0.1) is 5.92 Å². The third kappa shape index (κ3) is 2.48. The molecule has 0 aliphatic carbocycles. The number of nitrogens with zero attached hydrogens (tertiary/aromatic N) is 1. The minimum Gasteiger partial charge on any atom is -0.393 e. The number of hydrogen-bond donors (Lipinski definition) is 1. The van der Waals surface area contributed by atoms with Crippen LogP contribution in [0.1, 0.15) is 40.0 Å². The van der Waals surface area contributed by atoms with Crippen molar-refractivity contribution in [3.8, 4) is 0 Å². The first-order valence-electron chi connectivity index (χ1n) is 5.51. The molecule has 0 saturated carbocycles. The number of carbonyl (C=O) groups excluding carboxylic acids is 1. The Kier molecular flexibility index (Phi) is 3.71. The Labute approximate surface area is 97.0 Å². The molecular formula is C11H20N2OS. The van der Waals surface area contributed by atoms with Gasteiger partial charge in [-0.25, -0.2) is 0 Å². The molecule has 4 heteroatoms. The molecule has 1 saturated heterocycles. The van der Waals surface area contributed by atoms with Crippen molar-refractivity contribution < 1.29 is 4.79 Å². The highest BCUT2D eigenvalue weighted by Crippen LogP contribution is 2.30. The first kappa shape index (κ1) is 12.4. The molecular weight excluding hydrogens is 208 g/mol. The van der Waals surface area contributed by atoms with Crippen molar-refractivity contribution in [1.29, 1.82) is 0 Å². The second-order valence-electron chi connectivity index (χ2n) is 4.77. The van der Waals surface area contributed by atoms with Crippen molar-refractivity contribution in [2.24, 2.45) is 11.7 Å². The van der Waals surface area contributed by atoms with Crippen LogP contribution in [-0.2, 0) is 4.79 Å². The van der Waals surface area contributed by atoms with E-state index in [9.17, 15) is 4.79 Å². The molecule has 1 fully saturated rings. The van der Waals surface area contributed by atoms with Crippen molar-refractivity contribution in [2.75, 3.05) is 6.54 Å². The number of likely N-dealkylation sites (tertiary alicyclic amines) is 1. The lowest BCUT2D eigenvalue weighted by Gasteiger charge is -2.34. The van der Waals surface area contributed by atoms with Gasteiger partial charge in [0.25, 0.3) is 0 Å². The molecule has 0 aromatic rings. The van der Waals surface area contributed by atoms with E-state index in [0.717, 1.165) is 19.4 Å². The van der Waals surface area contributed by atoms with Crippen molar-refractivity contribution in [3.63, 3.8) is 0 Å². The maximum atomic E-state index is 12.2. The number of rotatable bonds is 3. The monoisotopic (exact) mass is 228 g/mol. The minimum absolute atomic E-state index is 0.0325. The molecule has 0 spiro atoms. The Morgan fingerprint density at radius 1 is 1.60 bits per heavy atom. The molecule has 2 N–H and O–H groups in total. The SMILES string of the molecule is CCC(C(=O)N1CCCC1(C)C)C(N)=S. The van der Waals surface area contributed by atoms with Crippen LogP contribution in [0.25, 0.3) is 0 Å². The van der Waals surface area contributed by atoms with Gasteiger partial charge in [-0.15, -0.1) is 0 Å². The van der Waals surface area contributed by atoms with E-state index in [1.54, 1.807) is 0 Å². The van der Waals surface area contributed by atoms with E-state index in [-0.39, 0.29) is 17.4 Å². The molecule has 0 aromatic carbocycles. The van der Waals surface area contributed by atoms with E-state index in [1.165, 1.54) is 0 Å². The fraction of sp³-hybridized carbons (Fsp3) is 0.818. The minimum atomic E-state index is -0.280. The van der Waals surface area contributed by atoms with Crippen LogP contribution in [-0.4, -0.2) is 27.9 Å². The third-order valence-electron chi connectivity index (χ3n) is 3.22. The topological polar surface area (TPSA) is 46.3 Å². The summed E-state index contributed by atoms with van der Waals surface area (Å²) in [6.07, 6.45) is 2.83. The molecule has 0 radical (unpaired) electrons. The van der Waals surface area contributed by atoms with Crippen LogP contribution in [0.3, 0.4) is 0 Å². The molecule has 0 aromatic heterocycles. The molecule has 1 atom stereocenters. The predicted octanol–water partition coefficient (Wildman–Crippen LogP) is 1.70. The summed E-state index contributed by atoms with van der Waals surface area (Å²) in [6, 6.07) is 0. The number of thiocarbonyl (C=S) groups is 1. The number of amides is 1. The second kappa shape index (κ2) is 4.47. The van der Waals surface area contributed by atoms with Crippen molar-refractivity contribution in [3.05, 3.63) is 0 Å². The van der Waals surface area contributed by atoms with E-state index in [0.29, 0.717) is 11.4 Å². The van der Waals surface area contributed by atoms with Gasteiger partial charge >= 0.3 is 0 Å². The van der Waals surface area contributed by atoms with Gasteiger partial charge in [-0.05, 0) is 33.1 Å². The van der Waals surface area contributed by atoms with Crippen LogP contribution in [0.2, 0.25) is 0 Å². The zero-order valence-electron chi connectivity index (χ0n) is 9.75. The zero-order chi connectivity index (χ0) is 11.6. The summed E-state index contributed by atoms with van der Waals surface area (Å²) in [4.78, 5) is 14.4. The van der Waals surface area contributed by atoms with Gasteiger partial charge in [-0.1, -0.05) is 19.1 Å². The Morgan fingerprint density at radius 2 is 2.20 bits per heavy atom. The molecule has 1 heterocycles. The fourth-order valence-electron chi connectivity index (χ4n) is 2.20. The van der Waals surface area contributed by atoms with Gasteiger partial charge in [0, 0.05) is 12.1 Å².